The van der Waals surface area contributed by atoms with Gasteiger partial charge in [-0.15, -0.1) is 0 Å². The number of rotatable bonds is 2. The molecule has 0 atom stereocenters. The fourth-order valence-electron chi connectivity index (χ4n) is 2.53. The van der Waals surface area contributed by atoms with Crippen molar-refractivity contribution in [1.29, 1.82) is 5.26 Å². The number of benzene rings is 1. The number of anilines is 1. The normalized spacial score (nSPS) is 24.1. The third kappa shape index (κ3) is 2.58. The molecule has 0 bridgehead atoms. The van der Waals surface area contributed by atoms with Gasteiger partial charge in [0.2, 0.25) is 0 Å². The zero-order chi connectivity index (χ0) is 12.3. The highest BCUT2D eigenvalue weighted by atomic mass is 19.1. The summed E-state index contributed by atoms with van der Waals surface area (Å²) in [5, 5.41) is 8.85. The van der Waals surface area contributed by atoms with E-state index in [4.69, 9.17) is 5.26 Å². The number of halogens is 1. The maximum absolute atomic E-state index is 13.6. The van der Waals surface area contributed by atoms with Crippen molar-refractivity contribution in [2.75, 3.05) is 11.9 Å². The number of nitriles is 1. The van der Waals surface area contributed by atoms with Crippen LogP contribution in [0.3, 0.4) is 0 Å². The van der Waals surface area contributed by atoms with Gasteiger partial charge in [0.05, 0.1) is 11.8 Å². The summed E-state index contributed by atoms with van der Waals surface area (Å²) in [5.74, 6) is 0.0256. The Morgan fingerprint density at radius 2 is 1.88 bits per heavy atom. The molecule has 90 valence electrons. The van der Waals surface area contributed by atoms with Crippen LogP contribution in [0.5, 0.6) is 0 Å². The molecule has 1 fully saturated rings. The second-order valence-corrected chi connectivity index (χ2v) is 4.70. The molecule has 1 aromatic carbocycles. The molecule has 0 radical (unpaired) electrons. The third-order valence-corrected chi connectivity index (χ3v) is 3.66. The molecule has 2 nitrogen and oxygen atoms in total. The third-order valence-electron chi connectivity index (χ3n) is 3.66. The lowest BCUT2D eigenvalue weighted by Gasteiger charge is -2.34. The van der Waals surface area contributed by atoms with Crippen LogP contribution in [0.25, 0.3) is 0 Å². The van der Waals surface area contributed by atoms with Crippen molar-refractivity contribution in [3.05, 3.63) is 30.1 Å². The molecule has 17 heavy (non-hydrogen) atoms. The van der Waals surface area contributed by atoms with Crippen molar-refractivity contribution < 1.29 is 4.39 Å². The van der Waals surface area contributed by atoms with Crippen LogP contribution in [0.2, 0.25) is 0 Å². The molecule has 1 aliphatic rings. The van der Waals surface area contributed by atoms with E-state index in [0.29, 0.717) is 11.7 Å². The maximum Gasteiger partial charge on any atom is 0.146 e. The van der Waals surface area contributed by atoms with Gasteiger partial charge in [-0.1, -0.05) is 12.1 Å². The van der Waals surface area contributed by atoms with Gasteiger partial charge in [0.25, 0.3) is 0 Å². The van der Waals surface area contributed by atoms with Gasteiger partial charge in [-0.2, -0.15) is 5.26 Å². The highest BCUT2D eigenvalue weighted by Crippen LogP contribution is 2.30. The topological polar surface area (TPSA) is 27.0 Å². The van der Waals surface area contributed by atoms with E-state index in [9.17, 15) is 4.39 Å². The highest BCUT2D eigenvalue weighted by Gasteiger charge is 2.24. The van der Waals surface area contributed by atoms with Crippen LogP contribution < -0.4 is 4.90 Å². The van der Waals surface area contributed by atoms with Gasteiger partial charge < -0.3 is 4.90 Å². The summed E-state index contributed by atoms with van der Waals surface area (Å²) in [5.41, 5.74) is 0.660. The van der Waals surface area contributed by atoms with Crippen LogP contribution in [-0.2, 0) is 0 Å². The quantitative estimate of drug-likeness (QED) is 0.782. The number of para-hydroxylation sites is 1. The van der Waals surface area contributed by atoms with E-state index < -0.39 is 0 Å². The molecule has 3 heteroatoms. The van der Waals surface area contributed by atoms with Gasteiger partial charge in [-0.25, -0.2) is 4.39 Å². The Labute approximate surface area is 102 Å². The van der Waals surface area contributed by atoms with Gasteiger partial charge in [-0.3, -0.25) is 0 Å². The van der Waals surface area contributed by atoms with E-state index in [0.717, 1.165) is 25.7 Å². The van der Waals surface area contributed by atoms with E-state index in [1.807, 2.05) is 24.1 Å². The first-order valence-electron chi connectivity index (χ1n) is 6.09. The van der Waals surface area contributed by atoms with E-state index in [2.05, 4.69) is 6.07 Å². The summed E-state index contributed by atoms with van der Waals surface area (Å²) in [6, 6.07) is 9.55. The van der Waals surface area contributed by atoms with Crippen molar-refractivity contribution in [3.63, 3.8) is 0 Å². The largest absolute Gasteiger partial charge is 0.369 e. The second-order valence-electron chi connectivity index (χ2n) is 4.70. The molecule has 0 N–H and O–H groups in total. The Morgan fingerprint density at radius 3 is 2.47 bits per heavy atom. The maximum atomic E-state index is 13.6. The number of nitrogens with zero attached hydrogens (tertiary/aromatic N) is 2. The van der Waals surface area contributed by atoms with Crippen molar-refractivity contribution in [2.45, 2.75) is 31.7 Å². The summed E-state index contributed by atoms with van der Waals surface area (Å²) < 4.78 is 13.6. The molecule has 1 aliphatic carbocycles. The Morgan fingerprint density at radius 1 is 1.24 bits per heavy atom. The minimum Gasteiger partial charge on any atom is -0.369 e. The van der Waals surface area contributed by atoms with Crippen LogP contribution in [0.1, 0.15) is 25.7 Å². The fraction of sp³-hybridized carbons (Fsp3) is 0.500. The van der Waals surface area contributed by atoms with Crippen LogP contribution in [0.4, 0.5) is 10.1 Å². The standard InChI is InChI=1S/C14H17FN2/c1-17(14-5-3-2-4-13(14)15)12-8-6-11(10-16)7-9-12/h2-5,11-12H,6-9H2,1H3. The molecule has 0 unspecified atom stereocenters. The van der Waals surface area contributed by atoms with E-state index in [1.54, 1.807) is 6.07 Å². The molecule has 0 aliphatic heterocycles. The van der Waals surface area contributed by atoms with Gasteiger partial charge in [0.1, 0.15) is 5.82 Å². The molecule has 0 heterocycles. The lowest BCUT2D eigenvalue weighted by Crippen LogP contribution is -2.35. The summed E-state index contributed by atoms with van der Waals surface area (Å²) in [4.78, 5) is 2.02. The van der Waals surface area contributed by atoms with Crippen LogP contribution in [0, 0.1) is 23.1 Å². The zero-order valence-corrected chi connectivity index (χ0v) is 10.1. The van der Waals surface area contributed by atoms with Crippen molar-refractivity contribution >= 4 is 5.69 Å². The van der Waals surface area contributed by atoms with Gasteiger partial charge in [-0.05, 0) is 37.8 Å². The van der Waals surface area contributed by atoms with E-state index >= 15 is 0 Å². The first kappa shape index (κ1) is 11.9. The molecule has 2 rings (SSSR count). The molecule has 0 aromatic heterocycles. The number of hydrogen-bond donors (Lipinski definition) is 0. The summed E-state index contributed by atoms with van der Waals surface area (Å²) >= 11 is 0. The first-order chi connectivity index (χ1) is 8.22. The summed E-state index contributed by atoms with van der Waals surface area (Å²) in [6.45, 7) is 0. The molecular formula is C14H17FN2. The Bertz CT molecular complexity index is 416. The summed E-state index contributed by atoms with van der Waals surface area (Å²) in [6.07, 6.45) is 3.81. The molecule has 0 amide bonds. The first-order valence-corrected chi connectivity index (χ1v) is 6.09. The lowest BCUT2D eigenvalue weighted by atomic mass is 9.86. The SMILES string of the molecule is CN(c1ccccc1F)C1CCC(C#N)CC1. The molecule has 1 saturated carbocycles. The molecule has 1 aromatic rings. The smallest absolute Gasteiger partial charge is 0.146 e. The Balaban J connectivity index is 2.05. The Kier molecular flexibility index (Phi) is 3.63. The van der Waals surface area contributed by atoms with Crippen LogP contribution in [0.15, 0.2) is 24.3 Å². The minimum absolute atomic E-state index is 0.169. The average Bonchev–Trinajstić information content (AvgIpc) is 2.39. The zero-order valence-electron chi connectivity index (χ0n) is 10.1. The minimum atomic E-state index is -0.169. The summed E-state index contributed by atoms with van der Waals surface area (Å²) in [7, 11) is 1.94. The van der Waals surface area contributed by atoms with Crippen LogP contribution in [-0.4, -0.2) is 13.1 Å². The predicted molar refractivity (Wildman–Crippen MR) is 66.2 cm³/mol. The Hall–Kier alpha value is -1.56. The van der Waals surface area contributed by atoms with E-state index in [-0.39, 0.29) is 11.7 Å². The van der Waals surface area contributed by atoms with Gasteiger partial charge >= 0.3 is 0 Å². The predicted octanol–water partition coefficient (Wildman–Crippen LogP) is 3.34. The fourth-order valence-corrected chi connectivity index (χ4v) is 2.53. The van der Waals surface area contributed by atoms with Gasteiger partial charge in [0.15, 0.2) is 0 Å². The van der Waals surface area contributed by atoms with E-state index in [1.165, 1.54) is 6.07 Å². The number of hydrogen-bond acceptors (Lipinski definition) is 2. The van der Waals surface area contributed by atoms with Crippen molar-refractivity contribution in [3.8, 4) is 6.07 Å². The lowest BCUT2D eigenvalue weighted by molar-refractivity contribution is 0.370. The highest BCUT2D eigenvalue weighted by molar-refractivity contribution is 5.47. The van der Waals surface area contributed by atoms with Gasteiger partial charge in [0, 0.05) is 19.0 Å². The molecule has 0 saturated heterocycles. The van der Waals surface area contributed by atoms with Crippen molar-refractivity contribution in [1.82, 2.24) is 0 Å². The monoisotopic (exact) mass is 232 g/mol. The molecule has 0 spiro atoms. The molecular weight excluding hydrogens is 215 g/mol. The average molecular weight is 232 g/mol. The second kappa shape index (κ2) is 5.18. The van der Waals surface area contributed by atoms with Crippen LogP contribution >= 0.6 is 0 Å². The van der Waals surface area contributed by atoms with Crippen molar-refractivity contribution in [2.24, 2.45) is 5.92 Å².